The van der Waals surface area contributed by atoms with Crippen LogP contribution < -0.4 is 10.6 Å². The Morgan fingerprint density at radius 2 is 1.42 bits per heavy atom. The molecule has 0 atom stereocenters. The number of aryl methyl sites for hydroxylation is 2. The highest BCUT2D eigenvalue weighted by Gasteiger charge is 2.12. The Morgan fingerprint density at radius 3 is 2.12 bits per heavy atom. The van der Waals surface area contributed by atoms with Crippen LogP contribution >= 0.6 is 0 Å². The first-order valence-corrected chi connectivity index (χ1v) is 8.03. The first-order valence-electron chi connectivity index (χ1n) is 8.03. The quantitative estimate of drug-likeness (QED) is 0.711. The number of rotatable bonds is 2. The molecule has 0 radical (unpaired) electrons. The van der Waals surface area contributed by atoms with Crippen molar-refractivity contribution in [2.75, 3.05) is 0 Å². The molecule has 1 amide bonds. The van der Waals surface area contributed by atoms with E-state index in [1.54, 1.807) is 6.08 Å². The highest BCUT2D eigenvalue weighted by molar-refractivity contribution is 6.06. The van der Waals surface area contributed by atoms with E-state index < -0.39 is 0 Å². The molecule has 0 saturated heterocycles. The molecule has 3 aromatic rings. The number of benzene rings is 3. The summed E-state index contributed by atoms with van der Waals surface area (Å²) in [4.78, 5) is 15.8. The molecule has 3 aromatic carbocycles. The van der Waals surface area contributed by atoms with Gasteiger partial charge >= 0.3 is 0 Å². The van der Waals surface area contributed by atoms with Gasteiger partial charge in [-0.1, -0.05) is 59.7 Å². The van der Waals surface area contributed by atoms with Crippen LogP contribution in [0.4, 0.5) is 0 Å². The monoisotopic (exact) mass is 311 g/mol. The fraction of sp³-hybridized carbons (Fsp3) is 0.0909. The van der Waals surface area contributed by atoms with Gasteiger partial charge in [-0.3, -0.25) is 4.79 Å². The normalized spacial score (nSPS) is 12.5. The molecular weight excluding hydrogens is 294 g/mol. The summed E-state index contributed by atoms with van der Waals surface area (Å²) in [6, 6.07) is 20.9. The smallest absolute Gasteiger partial charge is 0.267 e. The van der Waals surface area contributed by atoms with E-state index in [1.807, 2.05) is 24.3 Å². The van der Waals surface area contributed by atoms with Crippen molar-refractivity contribution in [3.05, 3.63) is 82.4 Å². The minimum atomic E-state index is -0.179. The lowest BCUT2D eigenvalue weighted by Gasteiger charge is -2.12. The predicted molar refractivity (Wildman–Crippen MR) is 97.0 cm³/mol. The van der Waals surface area contributed by atoms with Gasteiger partial charge in [0.2, 0.25) is 0 Å². The van der Waals surface area contributed by atoms with E-state index in [-0.39, 0.29) is 5.91 Å². The van der Waals surface area contributed by atoms with Crippen LogP contribution in [0.2, 0.25) is 0 Å². The zero-order valence-corrected chi connectivity index (χ0v) is 13.7. The van der Waals surface area contributed by atoms with E-state index in [9.17, 15) is 4.79 Å². The van der Waals surface area contributed by atoms with Gasteiger partial charge in [0.1, 0.15) is 0 Å². The van der Waals surface area contributed by atoms with E-state index in [2.05, 4.69) is 55.2 Å². The Labute approximate surface area is 140 Å². The number of carbonyl (C=O) groups excluding carboxylic acids is 1. The summed E-state index contributed by atoms with van der Waals surface area (Å²) in [5.41, 5.74) is 6.99. The van der Waals surface area contributed by atoms with Crippen LogP contribution in [0.1, 0.15) is 11.1 Å². The second-order valence-electron chi connectivity index (χ2n) is 6.29. The van der Waals surface area contributed by atoms with Gasteiger partial charge in [0, 0.05) is 11.3 Å². The summed E-state index contributed by atoms with van der Waals surface area (Å²) in [5.74, 6) is -0.179. The average Bonchev–Trinajstić information content (AvgIpc) is 2.92. The Bertz CT molecular complexity index is 1060. The molecule has 1 aliphatic rings. The molecular formula is C22H17NO. The maximum atomic E-state index is 11.7. The number of amides is 1. The SMILES string of the molecule is Cc1cc(C)cc(-c2cc3c(cc2-c2ccccc2)=NC(=O)C=3)c1. The second kappa shape index (κ2) is 5.57. The molecule has 0 aromatic heterocycles. The molecule has 0 N–H and O–H groups in total. The van der Waals surface area contributed by atoms with E-state index >= 15 is 0 Å². The van der Waals surface area contributed by atoms with Crippen LogP contribution in [0.25, 0.3) is 28.3 Å². The molecule has 116 valence electrons. The van der Waals surface area contributed by atoms with Gasteiger partial charge in [-0.2, -0.15) is 0 Å². The summed E-state index contributed by atoms with van der Waals surface area (Å²) >= 11 is 0. The third-order valence-corrected chi connectivity index (χ3v) is 4.29. The van der Waals surface area contributed by atoms with Crippen molar-refractivity contribution in [1.82, 2.24) is 0 Å². The molecule has 2 heteroatoms. The van der Waals surface area contributed by atoms with Gasteiger partial charge in [0.15, 0.2) is 0 Å². The Hall–Kier alpha value is -3.00. The van der Waals surface area contributed by atoms with Gasteiger partial charge in [-0.15, -0.1) is 0 Å². The number of carbonyl (C=O) groups is 1. The van der Waals surface area contributed by atoms with Crippen LogP contribution in [0.3, 0.4) is 0 Å². The van der Waals surface area contributed by atoms with Crippen LogP contribution in [-0.2, 0) is 4.79 Å². The largest absolute Gasteiger partial charge is 0.270 e. The Balaban J connectivity index is 2.06. The van der Waals surface area contributed by atoms with E-state index in [4.69, 9.17) is 0 Å². The van der Waals surface area contributed by atoms with Gasteiger partial charge < -0.3 is 0 Å². The molecule has 1 aliphatic heterocycles. The minimum absolute atomic E-state index is 0.179. The standard InChI is InChI=1S/C22H17NO/c1-14-8-15(2)10-17(9-14)19-11-18-12-22(24)23-21(18)13-20(19)16-6-4-3-5-7-16/h3-13H,1-2H3. The second-order valence-corrected chi connectivity index (χ2v) is 6.29. The lowest BCUT2D eigenvalue weighted by molar-refractivity contribution is -0.112. The van der Waals surface area contributed by atoms with Crippen LogP contribution in [0.15, 0.2) is 65.7 Å². The molecule has 4 rings (SSSR count). The summed E-state index contributed by atoms with van der Waals surface area (Å²) in [5, 5.41) is 1.65. The first-order chi connectivity index (χ1) is 11.6. The molecule has 0 unspecified atom stereocenters. The van der Waals surface area contributed by atoms with Gasteiger partial charge in [-0.25, -0.2) is 4.99 Å². The first kappa shape index (κ1) is 14.6. The summed E-state index contributed by atoms with van der Waals surface area (Å²) in [6.45, 7) is 4.22. The van der Waals surface area contributed by atoms with Crippen LogP contribution in [0.5, 0.6) is 0 Å². The average molecular weight is 311 g/mol. The third kappa shape index (κ3) is 2.56. The molecule has 0 bridgehead atoms. The van der Waals surface area contributed by atoms with Crippen molar-refractivity contribution in [2.24, 2.45) is 4.99 Å². The molecule has 2 nitrogen and oxygen atoms in total. The van der Waals surface area contributed by atoms with Crippen LogP contribution in [0, 0.1) is 13.8 Å². The highest BCUT2D eigenvalue weighted by Crippen LogP contribution is 2.31. The van der Waals surface area contributed by atoms with Crippen molar-refractivity contribution in [2.45, 2.75) is 13.8 Å². The molecule has 1 heterocycles. The van der Waals surface area contributed by atoms with Crippen molar-refractivity contribution < 1.29 is 4.79 Å². The van der Waals surface area contributed by atoms with Gasteiger partial charge in [0.25, 0.3) is 5.91 Å². The van der Waals surface area contributed by atoms with E-state index in [1.165, 1.54) is 16.7 Å². The maximum Gasteiger partial charge on any atom is 0.270 e. The summed E-state index contributed by atoms with van der Waals surface area (Å²) in [7, 11) is 0. The van der Waals surface area contributed by atoms with Crippen molar-refractivity contribution >= 4 is 12.0 Å². The van der Waals surface area contributed by atoms with Crippen molar-refractivity contribution in [3.63, 3.8) is 0 Å². The third-order valence-electron chi connectivity index (χ3n) is 4.29. The fourth-order valence-corrected chi connectivity index (χ4v) is 3.33. The van der Waals surface area contributed by atoms with E-state index in [0.29, 0.717) is 0 Å². The molecule has 0 aliphatic carbocycles. The summed E-state index contributed by atoms with van der Waals surface area (Å²) < 4.78 is 0. The fourth-order valence-electron chi connectivity index (χ4n) is 3.33. The summed E-state index contributed by atoms with van der Waals surface area (Å²) in [6.07, 6.45) is 1.61. The lowest BCUT2D eigenvalue weighted by atomic mass is 9.92. The number of fused-ring (bicyclic) bond motifs is 1. The minimum Gasteiger partial charge on any atom is -0.267 e. The maximum absolute atomic E-state index is 11.7. The molecule has 0 fully saturated rings. The van der Waals surface area contributed by atoms with Crippen molar-refractivity contribution in [3.8, 4) is 22.3 Å². The predicted octanol–water partition coefficient (Wildman–Crippen LogP) is 3.58. The van der Waals surface area contributed by atoms with Gasteiger partial charge in [0.05, 0.1) is 5.36 Å². The van der Waals surface area contributed by atoms with Crippen molar-refractivity contribution in [1.29, 1.82) is 0 Å². The number of hydrogen-bond acceptors (Lipinski definition) is 1. The van der Waals surface area contributed by atoms with E-state index in [0.717, 1.165) is 27.3 Å². The van der Waals surface area contributed by atoms with Crippen LogP contribution in [-0.4, -0.2) is 5.91 Å². The lowest BCUT2D eigenvalue weighted by Crippen LogP contribution is -2.21. The molecule has 0 spiro atoms. The van der Waals surface area contributed by atoms with Gasteiger partial charge in [-0.05, 0) is 48.2 Å². The highest BCUT2D eigenvalue weighted by atomic mass is 16.1. The molecule has 24 heavy (non-hydrogen) atoms. The number of hydrogen-bond donors (Lipinski definition) is 0. The Kier molecular flexibility index (Phi) is 3.39. The molecule has 0 saturated carbocycles. The zero-order valence-electron chi connectivity index (χ0n) is 13.7. The topological polar surface area (TPSA) is 29.4 Å². The Morgan fingerprint density at radius 1 is 0.750 bits per heavy atom. The number of nitrogens with zero attached hydrogens (tertiary/aromatic N) is 1. The zero-order chi connectivity index (χ0) is 16.7.